The molecular formula is C16H18FN. The summed E-state index contributed by atoms with van der Waals surface area (Å²) in [6.45, 7) is 2.84. The number of hydrogen-bond acceptors (Lipinski definition) is 1. The van der Waals surface area contributed by atoms with E-state index < -0.39 is 0 Å². The second-order valence-electron chi connectivity index (χ2n) is 4.69. The quantitative estimate of drug-likeness (QED) is 0.720. The predicted octanol–water partition coefficient (Wildman–Crippen LogP) is 3.33. The summed E-state index contributed by atoms with van der Waals surface area (Å²) < 4.78 is 12.8. The summed E-state index contributed by atoms with van der Waals surface area (Å²) in [5.41, 5.74) is 2.51. The summed E-state index contributed by atoms with van der Waals surface area (Å²) in [5.74, 6) is 2.52. The maximum absolute atomic E-state index is 12.8. The van der Waals surface area contributed by atoms with Crippen molar-refractivity contribution in [3.63, 3.8) is 0 Å². The number of nitrogens with zero attached hydrogens (tertiary/aromatic N) is 1. The number of likely N-dealkylation sites (tertiary alicyclic amines) is 1. The molecule has 0 saturated carbocycles. The van der Waals surface area contributed by atoms with Crippen LogP contribution in [0.5, 0.6) is 0 Å². The van der Waals surface area contributed by atoms with Gasteiger partial charge in [-0.05, 0) is 43.5 Å². The molecule has 0 amide bonds. The third kappa shape index (κ3) is 3.72. The van der Waals surface area contributed by atoms with E-state index in [0.29, 0.717) is 0 Å². The molecule has 2 heteroatoms. The van der Waals surface area contributed by atoms with Crippen LogP contribution in [-0.2, 0) is 0 Å². The first-order valence-electron chi connectivity index (χ1n) is 6.39. The van der Waals surface area contributed by atoms with Crippen molar-refractivity contribution in [1.29, 1.82) is 0 Å². The molecule has 0 radical (unpaired) electrons. The number of terminal acetylenes is 1. The van der Waals surface area contributed by atoms with Crippen LogP contribution in [-0.4, -0.2) is 24.5 Å². The van der Waals surface area contributed by atoms with Crippen molar-refractivity contribution in [2.75, 3.05) is 19.6 Å². The smallest absolute Gasteiger partial charge is 0.123 e. The molecule has 0 spiro atoms. The lowest BCUT2D eigenvalue weighted by Gasteiger charge is -2.15. The first-order valence-corrected chi connectivity index (χ1v) is 6.39. The number of rotatable bonds is 2. The molecule has 2 rings (SSSR count). The van der Waals surface area contributed by atoms with Crippen molar-refractivity contribution in [2.24, 2.45) is 0 Å². The van der Waals surface area contributed by atoms with Crippen LogP contribution in [0.4, 0.5) is 4.39 Å². The zero-order chi connectivity index (χ0) is 12.8. The largest absolute Gasteiger partial charge is 0.292 e. The molecule has 1 fully saturated rings. The third-order valence-electron chi connectivity index (χ3n) is 3.28. The maximum atomic E-state index is 12.8. The van der Waals surface area contributed by atoms with Crippen LogP contribution < -0.4 is 0 Å². The second kappa shape index (κ2) is 6.37. The maximum Gasteiger partial charge on any atom is 0.123 e. The minimum absolute atomic E-state index is 0.182. The van der Waals surface area contributed by atoms with Gasteiger partial charge >= 0.3 is 0 Å². The Kier molecular flexibility index (Phi) is 4.55. The van der Waals surface area contributed by atoms with E-state index in [4.69, 9.17) is 6.42 Å². The Labute approximate surface area is 108 Å². The summed E-state index contributed by atoms with van der Waals surface area (Å²) in [5, 5.41) is 0. The monoisotopic (exact) mass is 243 g/mol. The minimum atomic E-state index is -0.182. The van der Waals surface area contributed by atoms with Crippen molar-refractivity contribution in [1.82, 2.24) is 4.90 Å². The molecule has 0 atom stereocenters. The van der Waals surface area contributed by atoms with Crippen molar-refractivity contribution < 1.29 is 4.39 Å². The second-order valence-corrected chi connectivity index (χ2v) is 4.69. The molecule has 0 aliphatic carbocycles. The van der Waals surface area contributed by atoms with Crippen LogP contribution in [0.25, 0.3) is 6.08 Å². The van der Waals surface area contributed by atoms with Gasteiger partial charge in [-0.2, -0.15) is 0 Å². The number of benzene rings is 1. The summed E-state index contributed by atoms with van der Waals surface area (Å²) in [6, 6.07) is 6.67. The van der Waals surface area contributed by atoms with E-state index in [1.807, 2.05) is 12.1 Å². The summed E-state index contributed by atoms with van der Waals surface area (Å²) in [4.78, 5) is 2.31. The van der Waals surface area contributed by atoms with Gasteiger partial charge in [-0.3, -0.25) is 4.90 Å². The van der Waals surface area contributed by atoms with Gasteiger partial charge in [0.25, 0.3) is 0 Å². The predicted molar refractivity (Wildman–Crippen MR) is 73.5 cm³/mol. The Morgan fingerprint density at radius 1 is 1.22 bits per heavy atom. The van der Waals surface area contributed by atoms with E-state index in [2.05, 4.69) is 16.9 Å². The SMILES string of the molecule is C#CCN1CCC/C(=C/c2ccc(F)cc2)CC1. The molecule has 1 aromatic carbocycles. The van der Waals surface area contributed by atoms with Gasteiger partial charge in [-0.25, -0.2) is 4.39 Å². The van der Waals surface area contributed by atoms with E-state index >= 15 is 0 Å². The lowest BCUT2D eigenvalue weighted by molar-refractivity contribution is 0.322. The highest BCUT2D eigenvalue weighted by molar-refractivity contribution is 5.52. The lowest BCUT2D eigenvalue weighted by Crippen LogP contribution is -2.24. The van der Waals surface area contributed by atoms with Gasteiger partial charge in [-0.15, -0.1) is 6.42 Å². The number of halogens is 1. The molecule has 1 heterocycles. The standard InChI is InChI=1S/C16H18FN/c1-2-10-18-11-3-4-14(9-12-18)13-15-5-7-16(17)8-6-15/h1,5-8,13H,3-4,9-12H2/b14-13-. The summed E-state index contributed by atoms with van der Waals surface area (Å²) in [7, 11) is 0. The van der Waals surface area contributed by atoms with Gasteiger partial charge in [-0.1, -0.05) is 29.7 Å². The molecule has 0 N–H and O–H groups in total. The zero-order valence-electron chi connectivity index (χ0n) is 10.5. The molecule has 94 valence electrons. The van der Waals surface area contributed by atoms with Crippen LogP contribution in [0.3, 0.4) is 0 Å². The molecular weight excluding hydrogens is 225 g/mol. The van der Waals surface area contributed by atoms with Crippen LogP contribution in [0.15, 0.2) is 29.8 Å². The van der Waals surface area contributed by atoms with E-state index in [1.54, 1.807) is 0 Å². The van der Waals surface area contributed by atoms with Crippen LogP contribution in [0.2, 0.25) is 0 Å². The van der Waals surface area contributed by atoms with Gasteiger partial charge in [0, 0.05) is 6.54 Å². The highest BCUT2D eigenvalue weighted by atomic mass is 19.1. The van der Waals surface area contributed by atoms with Crippen molar-refractivity contribution >= 4 is 6.08 Å². The fourth-order valence-corrected chi connectivity index (χ4v) is 2.29. The Morgan fingerprint density at radius 2 is 2.00 bits per heavy atom. The van der Waals surface area contributed by atoms with Gasteiger partial charge in [0.15, 0.2) is 0 Å². The number of hydrogen-bond donors (Lipinski definition) is 0. The first-order chi connectivity index (χ1) is 8.78. The molecule has 1 saturated heterocycles. The van der Waals surface area contributed by atoms with E-state index in [-0.39, 0.29) is 5.82 Å². The topological polar surface area (TPSA) is 3.24 Å². The molecule has 1 aliphatic rings. The van der Waals surface area contributed by atoms with Gasteiger partial charge in [0.05, 0.1) is 6.54 Å². The fraction of sp³-hybridized carbons (Fsp3) is 0.375. The molecule has 1 aromatic rings. The van der Waals surface area contributed by atoms with Crippen molar-refractivity contribution in [2.45, 2.75) is 19.3 Å². The highest BCUT2D eigenvalue weighted by Gasteiger charge is 2.10. The molecule has 0 aromatic heterocycles. The Hall–Kier alpha value is -1.59. The summed E-state index contributed by atoms with van der Waals surface area (Å²) >= 11 is 0. The molecule has 18 heavy (non-hydrogen) atoms. The van der Waals surface area contributed by atoms with Crippen LogP contribution in [0, 0.1) is 18.2 Å². The molecule has 0 unspecified atom stereocenters. The van der Waals surface area contributed by atoms with Crippen molar-refractivity contribution in [3.8, 4) is 12.3 Å². The van der Waals surface area contributed by atoms with Crippen LogP contribution in [0.1, 0.15) is 24.8 Å². The average molecular weight is 243 g/mol. The van der Waals surface area contributed by atoms with E-state index in [1.165, 1.54) is 17.7 Å². The normalized spacial score (nSPS) is 19.4. The zero-order valence-corrected chi connectivity index (χ0v) is 10.5. The van der Waals surface area contributed by atoms with Crippen LogP contribution >= 0.6 is 0 Å². The molecule has 1 aliphatic heterocycles. The fourth-order valence-electron chi connectivity index (χ4n) is 2.29. The molecule has 0 bridgehead atoms. The van der Waals surface area contributed by atoms with Gasteiger partial charge in [0.2, 0.25) is 0 Å². The van der Waals surface area contributed by atoms with E-state index in [0.717, 1.165) is 44.5 Å². The lowest BCUT2D eigenvalue weighted by atomic mass is 10.0. The first kappa shape index (κ1) is 12.9. The van der Waals surface area contributed by atoms with E-state index in [9.17, 15) is 4.39 Å². The highest BCUT2D eigenvalue weighted by Crippen LogP contribution is 2.19. The van der Waals surface area contributed by atoms with Crippen molar-refractivity contribution in [3.05, 3.63) is 41.2 Å². The van der Waals surface area contributed by atoms with Gasteiger partial charge in [0.1, 0.15) is 5.82 Å². The Bertz CT molecular complexity index is 453. The molecule has 1 nitrogen and oxygen atoms in total. The minimum Gasteiger partial charge on any atom is -0.292 e. The van der Waals surface area contributed by atoms with Gasteiger partial charge < -0.3 is 0 Å². The third-order valence-corrected chi connectivity index (χ3v) is 3.28. The average Bonchev–Trinajstić information content (AvgIpc) is 2.59. The summed E-state index contributed by atoms with van der Waals surface area (Å²) in [6.07, 6.45) is 10.8. The Morgan fingerprint density at radius 3 is 2.72 bits per heavy atom. The Balaban J connectivity index is 2.01.